The molecular weight excluding hydrogens is 224 g/mol. The highest BCUT2D eigenvalue weighted by molar-refractivity contribution is 5.76. The van der Waals surface area contributed by atoms with Crippen LogP contribution in [-0.2, 0) is 4.79 Å². The molecule has 1 N–H and O–H groups in total. The van der Waals surface area contributed by atoms with E-state index in [9.17, 15) is 4.79 Å². The normalized spacial score (nSPS) is 15.4. The lowest BCUT2D eigenvalue weighted by atomic mass is 9.98. The van der Waals surface area contributed by atoms with Gasteiger partial charge >= 0.3 is 0 Å². The first-order valence-corrected chi connectivity index (χ1v) is 7.76. The van der Waals surface area contributed by atoms with Gasteiger partial charge in [0.2, 0.25) is 5.91 Å². The fraction of sp³-hybridized carbons (Fsp3) is 0.933. The van der Waals surface area contributed by atoms with Crippen molar-refractivity contribution in [3.05, 3.63) is 0 Å². The molecule has 0 aromatic rings. The lowest BCUT2D eigenvalue weighted by molar-refractivity contribution is -0.132. The number of carbonyl (C=O) groups excluding carboxylic acids is 1. The van der Waals surface area contributed by atoms with Crippen LogP contribution in [0.2, 0.25) is 0 Å². The minimum atomic E-state index is 0.383. The standard InChI is InChI=1S/C15H30N2O/c1-3-5-7-9-17(10-8-6-4-2)15(18)11-14-12-16-13-14/h14,16H,3-13H2,1-2H3. The average Bonchev–Trinajstić information content (AvgIpc) is 2.32. The summed E-state index contributed by atoms with van der Waals surface area (Å²) in [7, 11) is 0. The molecule has 1 rings (SSSR count). The van der Waals surface area contributed by atoms with Gasteiger partial charge in [0.25, 0.3) is 0 Å². The van der Waals surface area contributed by atoms with Gasteiger partial charge in [-0.2, -0.15) is 0 Å². The van der Waals surface area contributed by atoms with Crippen LogP contribution in [0.15, 0.2) is 0 Å². The van der Waals surface area contributed by atoms with Crippen molar-refractivity contribution in [2.75, 3.05) is 26.2 Å². The Morgan fingerprint density at radius 3 is 2.00 bits per heavy atom. The summed E-state index contributed by atoms with van der Waals surface area (Å²) < 4.78 is 0. The monoisotopic (exact) mass is 254 g/mol. The maximum atomic E-state index is 12.2. The van der Waals surface area contributed by atoms with Gasteiger partial charge in [-0.15, -0.1) is 0 Å². The molecule has 0 saturated carbocycles. The van der Waals surface area contributed by atoms with Crippen molar-refractivity contribution in [3.63, 3.8) is 0 Å². The summed E-state index contributed by atoms with van der Waals surface area (Å²) in [6.07, 6.45) is 8.01. The van der Waals surface area contributed by atoms with Crippen LogP contribution in [0.5, 0.6) is 0 Å². The van der Waals surface area contributed by atoms with Crippen LogP contribution in [0.1, 0.15) is 58.8 Å². The predicted octanol–water partition coefficient (Wildman–Crippen LogP) is 2.80. The molecule has 3 nitrogen and oxygen atoms in total. The molecule has 0 aromatic heterocycles. The Balaban J connectivity index is 2.27. The Hall–Kier alpha value is -0.570. The summed E-state index contributed by atoms with van der Waals surface area (Å²) in [5.41, 5.74) is 0. The first-order chi connectivity index (χ1) is 8.77. The summed E-state index contributed by atoms with van der Waals surface area (Å²) in [5, 5.41) is 3.24. The number of amides is 1. The van der Waals surface area contributed by atoms with Crippen LogP contribution >= 0.6 is 0 Å². The summed E-state index contributed by atoms with van der Waals surface area (Å²) >= 11 is 0. The van der Waals surface area contributed by atoms with Gasteiger partial charge in [-0.3, -0.25) is 4.79 Å². The van der Waals surface area contributed by atoms with Crippen molar-refractivity contribution < 1.29 is 4.79 Å². The van der Waals surface area contributed by atoms with E-state index in [1.807, 2.05) is 0 Å². The third-order valence-electron chi connectivity index (χ3n) is 3.75. The van der Waals surface area contributed by atoms with Crippen LogP contribution in [0.25, 0.3) is 0 Å². The number of rotatable bonds is 10. The van der Waals surface area contributed by atoms with Crippen molar-refractivity contribution in [3.8, 4) is 0 Å². The number of nitrogens with zero attached hydrogens (tertiary/aromatic N) is 1. The zero-order valence-corrected chi connectivity index (χ0v) is 12.2. The number of carbonyl (C=O) groups is 1. The van der Waals surface area contributed by atoms with Crippen molar-refractivity contribution in [2.45, 2.75) is 58.8 Å². The second-order valence-corrected chi connectivity index (χ2v) is 5.52. The van der Waals surface area contributed by atoms with Gasteiger partial charge < -0.3 is 10.2 Å². The molecule has 1 heterocycles. The van der Waals surface area contributed by atoms with Crippen molar-refractivity contribution in [2.24, 2.45) is 5.92 Å². The van der Waals surface area contributed by atoms with E-state index in [0.29, 0.717) is 11.8 Å². The van der Waals surface area contributed by atoms with Gasteiger partial charge in [0.05, 0.1) is 0 Å². The average molecular weight is 254 g/mol. The third kappa shape index (κ3) is 5.85. The maximum Gasteiger partial charge on any atom is 0.222 e. The van der Waals surface area contributed by atoms with E-state index < -0.39 is 0 Å². The third-order valence-corrected chi connectivity index (χ3v) is 3.75. The Morgan fingerprint density at radius 2 is 1.61 bits per heavy atom. The molecule has 1 aliphatic rings. The maximum absolute atomic E-state index is 12.2. The molecule has 18 heavy (non-hydrogen) atoms. The van der Waals surface area contributed by atoms with Gasteiger partial charge in [0.1, 0.15) is 0 Å². The fourth-order valence-electron chi connectivity index (χ4n) is 2.34. The molecule has 106 valence electrons. The first-order valence-electron chi connectivity index (χ1n) is 7.76. The van der Waals surface area contributed by atoms with E-state index in [1.165, 1.54) is 25.7 Å². The number of hydrogen-bond acceptors (Lipinski definition) is 2. The molecule has 0 radical (unpaired) electrons. The highest BCUT2D eigenvalue weighted by atomic mass is 16.2. The topological polar surface area (TPSA) is 32.3 Å². The molecule has 0 bridgehead atoms. The molecular formula is C15H30N2O. The lowest BCUT2D eigenvalue weighted by Crippen LogP contribution is -2.45. The molecule has 0 unspecified atom stereocenters. The van der Waals surface area contributed by atoms with E-state index in [1.54, 1.807) is 0 Å². The molecule has 0 aromatic carbocycles. The molecule has 0 atom stereocenters. The van der Waals surface area contributed by atoms with Crippen molar-refractivity contribution >= 4 is 5.91 Å². The van der Waals surface area contributed by atoms with Gasteiger partial charge in [-0.05, 0) is 31.8 Å². The number of unbranched alkanes of at least 4 members (excludes halogenated alkanes) is 4. The predicted molar refractivity (Wildman–Crippen MR) is 76.6 cm³/mol. The quantitative estimate of drug-likeness (QED) is 0.608. The van der Waals surface area contributed by atoms with Crippen LogP contribution in [0, 0.1) is 5.92 Å². The molecule has 3 heteroatoms. The first kappa shape index (κ1) is 15.5. The summed E-state index contributed by atoms with van der Waals surface area (Å²) in [6.45, 7) is 8.42. The van der Waals surface area contributed by atoms with Gasteiger partial charge in [-0.25, -0.2) is 0 Å². The van der Waals surface area contributed by atoms with E-state index in [0.717, 1.165) is 45.4 Å². The van der Waals surface area contributed by atoms with Crippen molar-refractivity contribution in [1.29, 1.82) is 0 Å². The second-order valence-electron chi connectivity index (χ2n) is 5.52. The molecule has 0 spiro atoms. The van der Waals surface area contributed by atoms with Gasteiger partial charge in [-0.1, -0.05) is 39.5 Å². The van der Waals surface area contributed by atoms with E-state index in [2.05, 4.69) is 24.1 Å². The highest BCUT2D eigenvalue weighted by Gasteiger charge is 2.23. The Kier molecular flexibility index (Phi) is 8.06. The van der Waals surface area contributed by atoms with Crippen LogP contribution in [0.4, 0.5) is 0 Å². The van der Waals surface area contributed by atoms with E-state index in [-0.39, 0.29) is 0 Å². The van der Waals surface area contributed by atoms with Crippen LogP contribution < -0.4 is 5.32 Å². The summed E-state index contributed by atoms with van der Waals surface area (Å²) in [6, 6.07) is 0. The summed E-state index contributed by atoms with van der Waals surface area (Å²) in [4.78, 5) is 14.3. The largest absolute Gasteiger partial charge is 0.343 e. The molecule has 0 aliphatic carbocycles. The smallest absolute Gasteiger partial charge is 0.222 e. The SMILES string of the molecule is CCCCCN(CCCCC)C(=O)CC1CNC1. The minimum Gasteiger partial charge on any atom is -0.343 e. The van der Waals surface area contributed by atoms with E-state index >= 15 is 0 Å². The Labute approximate surface area is 112 Å². The van der Waals surface area contributed by atoms with Gasteiger partial charge in [0, 0.05) is 19.5 Å². The van der Waals surface area contributed by atoms with Crippen LogP contribution in [-0.4, -0.2) is 37.0 Å². The zero-order chi connectivity index (χ0) is 13.2. The van der Waals surface area contributed by atoms with Crippen LogP contribution in [0.3, 0.4) is 0 Å². The molecule has 1 aliphatic heterocycles. The number of nitrogens with one attached hydrogen (secondary N) is 1. The Morgan fingerprint density at radius 1 is 1.06 bits per heavy atom. The van der Waals surface area contributed by atoms with E-state index in [4.69, 9.17) is 0 Å². The second kappa shape index (κ2) is 9.37. The molecule has 1 amide bonds. The highest BCUT2D eigenvalue weighted by Crippen LogP contribution is 2.12. The fourth-order valence-corrected chi connectivity index (χ4v) is 2.34. The lowest BCUT2D eigenvalue weighted by Gasteiger charge is -2.30. The van der Waals surface area contributed by atoms with Gasteiger partial charge in [0.15, 0.2) is 0 Å². The number of hydrogen-bond donors (Lipinski definition) is 1. The zero-order valence-electron chi connectivity index (χ0n) is 12.2. The minimum absolute atomic E-state index is 0.383. The summed E-state index contributed by atoms with van der Waals surface area (Å²) in [5.74, 6) is 0.978. The van der Waals surface area contributed by atoms with Crippen molar-refractivity contribution in [1.82, 2.24) is 10.2 Å². The molecule has 1 saturated heterocycles. The Bertz CT molecular complexity index is 217. The molecule has 1 fully saturated rings.